The molecule has 1 amide bonds. The van der Waals surface area contributed by atoms with Gasteiger partial charge in [0.1, 0.15) is 5.75 Å². The molecule has 1 heterocycles. The summed E-state index contributed by atoms with van der Waals surface area (Å²) in [5.41, 5.74) is 1.09. The Morgan fingerprint density at radius 1 is 1.07 bits per heavy atom. The van der Waals surface area contributed by atoms with E-state index in [9.17, 15) is 18.4 Å². The van der Waals surface area contributed by atoms with Gasteiger partial charge in [0.25, 0.3) is 5.91 Å². The third kappa shape index (κ3) is 5.32. The van der Waals surface area contributed by atoms with Crippen LogP contribution >= 0.6 is 0 Å². The largest absolute Gasteiger partial charge is 0.454 e. The van der Waals surface area contributed by atoms with Crippen molar-refractivity contribution in [1.29, 1.82) is 0 Å². The molecule has 148 valence electrons. The van der Waals surface area contributed by atoms with Crippen LogP contribution in [0.3, 0.4) is 0 Å². The molecule has 2 aromatic carbocycles. The van der Waals surface area contributed by atoms with Crippen molar-refractivity contribution in [2.24, 2.45) is 0 Å². The van der Waals surface area contributed by atoms with Gasteiger partial charge < -0.3 is 24.3 Å². The SMILES string of the molecule is O=C(COC(=O)c1ccc2c(c1)OCO2)NCCc1ccc(OC(F)F)cc1. The van der Waals surface area contributed by atoms with Crippen molar-refractivity contribution < 1.29 is 37.3 Å². The smallest absolute Gasteiger partial charge is 0.387 e. The number of carbonyl (C=O) groups is 2. The van der Waals surface area contributed by atoms with E-state index in [4.69, 9.17) is 14.2 Å². The Kier molecular flexibility index (Phi) is 6.25. The molecule has 0 atom stereocenters. The number of hydrogen-bond acceptors (Lipinski definition) is 6. The van der Waals surface area contributed by atoms with Gasteiger partial charge in [0, 0.05) is 6.54 Å². The zero-order valence-corrected chi connectivity index (χ0v) is 14.7. The van der Waals surface area contributed by atoms with Crippen molar-refractivity contribution in [2.75, 3.05) is 19.9 Å². The number of rotatable bonds is 8. The van der Waals surface area contributed by atoms with Gasteiger partial charge in [-0.15, -0.1) is 0 Å². The molecule has 1 aliphatic heterocycles. The molecule has 9 heteroatoms. The molecule has 0 fully saturated rings. The molecule has 3 rings (SSSR count). The molecule has 0 unspecified atom stereocenters. The van der Waals surface area contributed by atoms with Gasteiger partial charge in [-0.2, -0.15) is 8.78 Å². The average Bonchev–Trinajstić information content (AvgIpc) is 3.15. The third-order valence-electron chi connectivity index (χ3n) is 3.83. The van der Waals surface area contributed by atoms with Crippen LogP contribution in [0.15, 0.2) is 42.5 Å². The van der Waals surface area contributed by atoms with Gasteiger partial charge in [-0.25, -0.2) is 4.79 Å². The van der Waals surface area contributed by atoms with Crippen molar-refractivity contribution in [3.05, 3.63) is 53.6 Å². The maximum atomic E-state index is 12.1. The van der Waals surface area contributed by atoms with Crippen LogP contribution in [0.25, 0.3) is 0 Å². The van der Waals surface area contributed by atoms with Crippen LogP contribution in [0.1, 0.15) is 15.9 Å². The molecule has 0 bridgehead atoms. The zero-order valence-electron chi connectivity index (χ0n) is 14.7. The Morgan fingerprint density at radius 2 is 1.82 bits per heavy atom. The van der Waals surface area contributed by atoms with Crippen molar-refractivity contribution in [3.8, 4) is 17.2 Å². The summed E-state index contributed by atoms with van der Waals surface area (Å²) < 4.78 is 43.8. The van der Waals surface area contributed by atoms with Gasteiger partial charge in [0.2, 0.25) is 6.79 Å². The molecular weight excluding hydrogens is 376 g/mol. The first-order chi connectivity index (χ1) is 13.5. The predicted octanol–water partition coefficient (Wildman–Crippen LogP) is 2.53. The average molecular weight is 393 g/mol. The van der Waals surface area contributed by atoms with Gasteiger partial charge in [-0.05, 0) is 42.3 Å². The molecule has 0 aliphatic carbocycles. The van der Waals surface area contributed by atoms with E-state index in [-0.39, 0.29) is 18.1 Å². The lowest BCUT2D eigenvalue weighted by molar-refractivity contribution is -0.124. The van der Waals surface area contributed by atoms with Crippen LogP contribution in [0, 0.1) is 0 Å². The highest BCUT2D eigenvalue weighted by molar-refractivity contribution is 5.92. The van der Waals surface area contributed by atoms with Gasteiger partial charge in [0.15, 0.2) is 18.1 Å². The van der Waals surface area contributed by atoms with E-state index in [2.05, 4.69) is 10.1 Å². The van der Waals surface area contributed by atoms with Gasteiger partial charge in [0.05, 0.1) is 5.56 Å². The number of halogens is 2. The lowest BCUT2D eigenvalue weighted by atomic mass is 10.1. The van der Waals surface area contributed by atoms with Crippen LogP contribution in [-0.4, -0.2) is 38.4 Å². The summed E-state index contributed by atoms with van der Waals surface area (Å²) >= 11 is 0. The molecule has 0 radical (unpaired) electrons. The lowest BCUT2D eigenvalue weighted by Gasteiger charge is -2.08. The van der Waals surface area contributed by atoms with E-state index in [1.807, 2.05) is 0 Å². The van der Waals surface area contributed by atoms with E-state index in [1.165, 1.54) is 24.3 Å². The van der Waals surface area contributed by atoms with Crippen molar-refractivity contribution in [2.45, 2.75) is 13.0 Å². The lowest BCUT2D eigenvalue weighted by Crippen LogP contribution is -2.30. The van der Waals surface area contributed by atoms with Crippen LogP contribution in [-0.2, 0) is 16.0 Å². The molecule has 0 saturated carbocycles. The zero-order chi connectivity index (χ0) is 19.9. The Bertz CT molecular complexity index is 841. The summed E-state index contributed by atoms with van der Waals surface area (Å²) in [6.07, 6.45) is 0.483. The van der Waals surface area contributed by atoms with Crippen molar-refractivity contribution >= 4 is 11.9 Å². The standard InChI is InChI=1S/C19H17F2NO6/c20-19(21)28-14-4-1-12(2-5-14)7-8-22-17(23)10-25-18(24)13-3-6-15-16(9-13)27-11-26-15/h1-6,9,19H,7-8,10-11H2,(H,22,23). The molecule has 0 saturated heterocycles. The number of hydrogen-bond donors (Lipinski definition) is 1. The Morgan fingerprint density at radius 3 is 2.57 bits per heavy atom. The molecule has 7 nitrogen and oxygen atoms in total. The molecule has 0 aromatic heterocycles. The van der Waals surface area contributed by atoms with Crippen molar-refractivity contribution in [1.82, 2.24) is 5.32 Å². The number of ether oxygens (including phenoxy) is 4. The maximum Gasteiger partial charge on any atom is 0.387 e. The highest BCUT2D eigenvalue weighted by atomic mass is 19.3. The molecule has 0 spiro atoms. The highest BCUT2D eigenvalue weighted by Crippen LogP contribution is 2.32. The number of fused-ring (bicyclic) bond motifs is 1. The number of nitrogens with one attached hydrogen (secondary N) is 1. The van der Waals surface area contributed by atoms with Crippen molar-refractivity contribution in [3.63, 3.8) is 0 Å². The van der Waals surface area contributed by atoms with Crippen LogP contribution in [0.5, 0.6) is 17.2 Å². The Balaban J connectivity index is 1.38. The minimum absolute atomic E-state index is 0.0678. The number of amides is 1. The Hall–Kier alpha value is -3.36. The first-order valence-corrected chi connectivity index (χ1v) is 8.38. The van der Waals surface area contributed by atoms with E-state index in [0.29, 0.717) is 24.5 Å². The quantitative estimate of drug-likeness (QED) is 0.694. The maximum absolute atomic E-state index is 12.1. The normalized spacial score (nSPS) is 12.0. The summed E-state index contributed by atoms with van der Waals surface area (Å²) in [5, 5.41) is 2.61. The van der Waals surface area contributed by atoms with E-state index < -0.39 is 25.1 Å². The highest BCUT2D eigenvalue weighted by Gasteiger charge is 2.17. The molecule has 1 N–H and O–H groups in total. The van der Waals surface area contributed by atoms with E-state index in [0.717, 1.165) is 5.56 Å². The van der Waals surface area contributed by atoms with Gasteiger partial charge in [-0.1, -0.05) is 12.1 Å². The topological polar surface area (TPSA) is 83.1 Å². The molecule has 1 aliphatic rings. The summed E-state index contributed by atoms with van der Waals surface area (Å²) in [4.78, 5) is 23.8. The summed E-state index contributed by atoms with van der Waals surface area (Å²) in [6.45, 7) is -2.90. The fourth-order valence-corrected chi connectivity index (χ4v) is 2.47. The van der Waals surface area contributed by atoms with Crippen LogP contribution < -0.4 is 19.5 Å². The first kappa shape index (κ1) is 19.4. The minimum Gasteiger partial charge on any atom is -0.454 e. The fraction of sp³-hybridized carbons (Fsp3) is 0.263. The van der Waals surface area contributed by atoms with E-state index >= 15 is 0 Å². The number of alkyl halides is 2. The first-order valence-electron chi connectivity index (χ1n) is 8.38. The van der Waals surface area contributed by atoms with Gasteiger partial charge >= 0.3 is 12.6 Å². The molecule has 28 heavy (non-hydrogen) atoms. The minimum atomic E-state index is -2.87. The number of carbonyl (C=O) groups excluding carboxylic acids is 2. The second-order valence-corrected chi connectivity index (χ2v) is 5.77. The summed E-state index contributed by atoms with van der Waals surface area (Å²) in [5.74, 6) is -0.0417. The molecule has 2 aromatic rings. The number of esters is 1. The number of benzene rings is 2. The third-order valence-corrected chi connectivity index (χ3v) is 3.83. The monoisotopic (exact) mass is 393 g/mol. The Labute approximate surface area is 159 Å². The predicted molar refractivity (Wildman–Crippen MR) is 92.6 cm³/mol. The summed E-state index contributed by atoms with van der Waals surface area (Å²) in [6, 6.07) is 10.7. The fourth-order valence-electron chi connectivity index (χ4n) is 2.47. The second kappa shape index (κ2) is 9.03. The molecular formula is C19H17F2NO6. The van der Waals surface area contributed by atoms with Crippen LogP contribution in [0.2, 0.25) is 0 Å². The van der Waals surface area contributed by atoms with Gasteiger partial charge in [-0.3, -0.25) is 4.79 Å². The summed E-state index contributed by atoms with van der Waals surface area (Å²) in [7, 11) is 0. The second-order valence-electron chi connectivity index (χ2n) is 5.77. The van der Waals surface area contributed by atoms with E-state index in [1.54, 1.807) is 18.2 Å². The van der Waals surface area contributed by atoms with Crippen LogP contribution in [0.4, 0.5) is 8.78 Å².